The van der Waals surface area contributed by atoms with Gasteiger partial charge in [0, 0.05) is 43.9 Å². The van der Waals surface area contributed by atoms with Crippen molar-refractivity contribution in [1.29, 1.82) is 0 Å². The lowest BCUT2D eigenvalue weighted by Crippen LogP contribution is -2.47. The highest BCUT2D eigenvalue weighted by Gasteiger charge is 2.31. The number of alkyl halides is 1. The van der Waals surface area contributed by atoms with Crippen LogP contribution < -0.4 is 4.90 Å². The van der Waals surface area contributed by atoms with Gasteiger partial charge in [0.05, 0.1) is 10.5 Å². The second-order valence-electron chi connectivity index (χ2n) is 5.38. The minimum Gasteiger partial charge on any atom is -0.377 e. The van der Waals surface area contributed by atoms with Gasteiger partial charge in [-0.3, -0.25) is 10.1 Å². The molecule has 1 saturated heterocycles. The number of nitro groups is 1. The van der Waals surface area contributed by atoms with Crippen LogP contribution in [0.2, 0.25) is 0 Å². The lowest BCUT2D eigenvalue weighted by atomic mass is 9.94. The Morgan fingerprint density at radius 3 is 2.90 bits per heavy atom. The number of hydrogen-bond donors (Lipinski definition) is 0. The summed E-state index contributed by atoms with van der Waals surface area (Å²) in [6.45, 7) is 3.77. The van der Waals surface area contributed by atoms with Crippen LogP contribution in [0.25, 0.3) is 0 Å². The summed E-state index contributed by atoms with van der Waals surface area (Å²) in [5.41, 5.74) is 1.66. The highest BCUT2D eigenvalue weighted by molar-refractivity contribution is 6.17. The summed E-state index contributed by atoms with van der Waals surface area (Å²) in [7, 11) is 1.72. The molecule has 1 unspecified atom stereocenters. The molecule has 0 N–H and O–H groups in total. The summed E-state index contributed by atoms with van der Waals surface area (Å²) in [6, 6.07) is 4.88. The first-order valence-electron chi connectivity index (χ1n) is 6.62. The smallest absolute Gasteiger partial charge is 0.269 e. The number of halogens is 1. The normalized spacial score (nSPS) is 22.9. The van der Waals surface area contributed by atoms with E-state index in [1.54, 1.807) is 19.2 Å². The number of rotatable bonds is 4. The van der Waals surface area contributed by atoms with Crippen LogP contribution in [0, 0.1) is 10.1 Å². The molecule has 0 radical (unpaired) electrons. The first-order chi connectivity index (χ1) is 9.49. The van der Waals surface area contributed by atoms with Gasteiger partial charge in [-0.1, -0.05) is 0 Å². The molecule has 20 heavy (non-hydrogen) atoms. The third kappa shape index (κ3) is 3.04. The quantitative estimate of drug-likeness (QED) is 0.486. The van der Waals surface area contributed by atoms with Crippen LogP contribution in [0.1, 0.15) is 25.3 Å². The number of nitro benzene ring substituents is 1. The van der Waals surface area contributed by atoms with E-state index in [9.17, 15) is 10.1 Å². The van der Waals surface area contributed by atoms with Gasteiger partial charge in [0.25, 0.3) is 5.69 Å². The summed E-state index contributed by atoms with van der Waals surface area (Å²) in [6.07, 6.45) is 2.05. The van der Waals surface area contributed by atoms with E-state index < -0.39 is 4.92 Å². The summed E-state index contributed by atoms with van der Waals surface area (Å²) in [5.74, 6) is 0.261. The van der Waals surface area contributed by atoms with Gasteiger partial charge in [-0.05, 0) is 31.4 Å². The molecule has 110 valence electrons. The summed E-state index contributed by atoms with van der Waals surface area (Å²) in [4.78, 5) is 12.6. The Morgan fingerprint density at radius 2 is 2.30 bits per heavy atom. The Hall–Kier alpha value is -1.33. The van der Waals surface area contributed by atoms with Gasteiger partial charge in [0.15, 0.2) is 0 Å². The van der Waals surface area contributed by atoms with Crippen molar-refractivity contribution in [3.05, 3.63) is 33.9 Å². The van der Waals surface area contributed by atoms with E-state index in [0.717, 1.165) is 37.2 Å². The van der Waals surface area contributed by atoms with Crippen molar-refractivity contribution in [3.8, 4) is 0 Å². The zero-order valence-electron chi connectivity index (χ0n) is 11.8. The Bertz CT molecular complexity index is 509. The van der Waals surface area contributed by atoms with Crippen LogP contribution in [0.4, 0.5) is 11.4 Å². The summed E-state index contributed by atoms with van der Waals surface area (Å²) < 4.78 is 5.58. The van der Waals surface area contributed by atoms with Crippen LogP contribution in [-0.4, -0.2) is 30.7 Å². The van der Waals surface area contributed by atoms with Crippen molar-refractivity contribution < 1.29 is 9.66 Å². The van der Waals surface area contributed by atoms with Gasteiger partial charge in [-0.15, -0.1) is 11.6 Å². The molecule has 1 aliphatic heterocycles. The molecule has 0 spiro atoms. The van der Waals surface area contributed by atoms with Gasteiger partial charge in [0.2, 0.25) is 0 Å². The molecule has 1 aromatic rings. The van der Waals surface area contributed by atoms with Crippen LogP contribution in [0.3, 0.4) is 0 Å². The summed E-state index contributed by atoms with van der Waals surface area (Å²) >= 11 is 5.95. The van der Waals surface area contributed by atoms with Gasteiger partial charge in [-0.2, -0.15) is 0 Å². The first-order valence-corrected chi connectivity index (χ1v) is 7.16. The van der Waals surface area contributed by atoms with Crippen molar-refractivity contribution in [2.24, 2.45) is 0 Å². The average molecular weight is 299 g/mol. The number of ether oxygens (including phenoxy) is 1. The van der Waals surface area contributed by atoms with Crippen molar-refractivity contribution in [2.45, 2.75) is 31.2 Å². The molecule has 1 atom stereocenters. The molecule has 1 heterocycles. The van der Waals surface area contributed by atoms with E-state index in [1.807, 2.05) is 0 Å². The molecule has 0 amide bonds. The zero-order valence-corrected chi connectivity index (χ0v) is 12.5. The van der Waals surface area contributed by atoms with E-state index in [-0.39, 0.29) is 17.2 Å². The van der Waals surface area contributed by atoms with Gasteiger partial charge >= 0.3 is 0 Å². The number of anilines is 1. The number of hydrogen-bond acceptors (Lipinski definition) is 4. The van der Waals surface area contributed by atoms with E-state index >= 15 is 0 Å². The van der Waals surface area contributed by atoms with Crippen molar-refractivity contribution in [1.82, 2.24) is 0 Å². The maximum Gasteiger partial charge on any atom is 0.269 e. The van der Waals surface area contributed by atoms with Crippen molar-refractivity contribution >= 4 is 23.0 Å². The van der Waals surface area contributed by atoms with Crippen LogP contribution >= 0.6 is 11.6 Å². The largest absolute Gasteiger partial charge is 0.377 e. The molecule has 2 rings (SSSR count). The fourth-order valence-electron chi connectivity index (χ4n) is 2.68. The Balaban J connectivity index is 2.30. The Kier molecular flexibility index (Phi) is 4.50. The molecule has 5 nitrogen and oxygen atoms in total. The molecule has 1 fully saturated rings. The molecule has 1 aliphatic rings. The van der Waals surface area contributed by atoms with Crippen LogP contribution in [-0.2, 0) is 10.6 Å². The van der Waals surface area contributed by atoms with E-state index in [4.69, 9.17) is 16.3 Å². The molecule has 6 heteroatoms. The van der Waals surface area contributed by atoms with Crippen LogP contribution in [0.15, 0.2) is 18.2 Å². The average Bonchev–Trinajstić information content (AvgIpc) is 2.46. The minimum atomic E-state index is -0.394. The monoisotopic (exact) mass is 298 g/mol. The number of nitrogens with zero attached hydrogens (tertiary/aromatic N) is 2. The Morgan fingerprint density at radius 1 is 1.55 bits per heavy atom. The Labute approximate surface area is 123 Å². The molecule has 1 aromatic carbocycles. The number of piperidine rings is 1. The fourth-order valence-corrected chi connectivity index (χ4v) is 2.89. The fraction of sp³-hybridized carbons (Fsp3) is 0.571. The molecular weight excluding hydrogens is 280 g/mol. The second-order valence-corrected chi connectivity index (χ2v) is 5.65. The van der Waals surface area contributed by atoms with E-state index in [1.165, 1.54) is 6.07 Å². The SMILES string of the molecule is COC1(C)CCCN(c2ccc([N+](=O)[O-])cc2CCl)C1. The number of non-ortho nitro benzene ring substituents is 1. The lowest BCUT2D eigenvalue weighted by Gasteiger charge is -2.41. The van der Waals surface area contributed by atoms with E-state index in [0.29, 0.717) is 0 Å². The van der Waals surface area contributed by atoms with Crippen molar-refractivity contribution in [2.75, 3.05) is 25.1 Å². The topological polar surface area (TPSA) is 55.6 Å². The summed E-state index contributed by atoms with van der Waals surface area (Å²) in [5, 5.41) is 10.8. The van der Waals surface area contributed by atoms with Gasteiger partial charge < -0.3 is 9.64 Å². The third-order valence-corrected chi connectivity index (χ3v) is 4.20. The maximum atomic E-state index is 10.8. The number of benzene rings is 1. The standard InChI is InChI=1S/C14H19ClN2O3/c1-14(20-2)6-3-7-16(10-14)13-5-4-12(17(18)19)8-11(13)9-15/h4-5,8H,3,6-7,9-10H2,1-2H3. The number of methoxy groups -OCH3 is 1. The third-order valence-electron chi connectivity index (χ3n) is 3.91. The lowest BCUT2D eigenvalue weighted by molar-refractivity contribution is -0.384. The predicted octanol–water partition coefficient (Wildman–Crippen LogP) is 3.34. The second kappa shape index (κ2) is 5.97. The zero-order chi connectivity index (χ0) is 14.8. The van der Waals surface area contributed by atoms with Crippen LogP contribution in [0.5, 0.6) is 0 Å². The van der Waals surface area contributed by atoms with Gasteiger partial charge in [0.1, 0.15) is 0 Å². The maximum absolute atomic E-state index is 10.8. The predicted molar refractivity (Wildman–Crippen MR) is 79.5 cm³/mol. The molecule has 0 aromatic heterocycles. The highest BCUT2D eigenvalue weighted by Crippen LogP contribution is 2.32. The van der Waals surface area contributed by atoms with Crippen molar-refractivity contribution in [3.63, 3.8) is 0 Å². The minimum absolute atomic E-state index is 0.0795. The molecular formula is C14H19ClN2O3. The first kappa shape index (κ1) is 15.1. The van der Waals surface area contributed by atoms with E-state index in [2.05, 4.69) is 11.8 Å². The molecule has 0 aliphatic carbocycles. The molecule has 0 bridgehead atoms. The molecule has 0 saturated carbocycles. The highest BCUT2D eigenvalue weighted by atomic mass is 35.5. The van der Waals surface area contributed by atoms with Gasteiger partial charge in [-0.25, -0.2) is 0 Å².